The predicted octanol–water partition coefficient (Wildman–Crippen LogP) is 3.04. The van der Waals surface area contributed by atoms with Gasteiger partial charge in [0.2, 0.25) is 0 Å². The van der Waals surface area contributed by atoms with Crippen LogP contribution in [0.15, 0.2) is 48.6 Å². The van der Waals surface area contributed by atoms with E-state index in [-0.39, 0.29) is 5.92 Å². The molecule has 0 bridgehead atoms. The number of aliphatic hydroxyl groups is 1. The van der Waals surface area contributed by atoms with Crippen LogP contribution in [-0.4, -0.2) is 40.1 Å². The summed E-state index contributed by atoms with van der Waals surface area (Å²) in [5, 5.41) is 24.9. The van der Waals surface area contributed by atoms with Gasteiger partial charge >= 0.3 is 11.9 Å². The highest BCUT2D eigenvalue weighted by atomic mass is 32.1. The van der Waals surface area contributed by atoms with E-state index in [2.05, 4.69) is 17.9 Å². The number of hydrogen-bond donors (Lipinski definition) is 4. The maximum absolute atomic E-state index is 9.55. The van der Waals surface area contributed by atoms with E-state index in [1.54, 1.807) is 11.3 Å². The second-order valence-electron chi connectivity index (χ2n) is 6.69. The number of aliphatic carboxylic acids is 2. The molecule has 1 unspecified atom stereocenters. The molecule has 0 amide bonds. The van der Waals surface area contributed by atoms with Gasteiger partial charge in [-0.3, -0.25) is 0 Å². The first-order valence-corrected chi connectivity index (χ1v) is 10.3. The van der Waals surface area contributed by atoms with Crippen molar-refractivity contribution in [3.8, 4) is 17.6 Å². The molecule has 0 radical (unpaired) electrons. The lowest BCUT2D eigenvalue weighted by molar-refractivity contribution is -0.134. The molecular formula is C23H27NO6S. The lowest BCUT2D eigenvalue weighted by atomic mass is 10.0. The van der Waals surface area contributed by atoms with Crippen LogP contribution in [-0.2, 0) is 16.0 Å². The number of rotatable bonds is 8. The molecule has 2 aromatic rings. The van der Waals surface area contributed by atoms with Gasteiger partial charge in [-0.15, -0.1) is 11.3 Å². The van der Waals surface area contributed by atoms with E-state index in [1.807, 2.05) is 44.2 Å². The van der Waals surface area contributed by atoms with Crippen LogP contribution < -0.4 is 10.5 Å². The average molecular weight is 446 g/mol. The van der Waals surface area contributed by atoms with E-state index in [9.17, 15) is 14.7 Å². The number of aryl methyl sites for hydroxylation is 2. The van der Waals surface area contributed by atoms with Crippen molar-refractivity contribution in [1.82, 2.24) is 0 Å². The van der Waals surface area contributed by atoms with Crippen LogP contribution in [0, 0.1) is 24.7 Å². The lowest BCUT2D eigenvalue weighted by Gasteiger charge is -2.12. The summed E-state index contributed by atoms with van der Waals surface area (Å²) in [5.74, 6) is 4.60. The summed E-state index contributed by atoms with van der Waals surface area (Å²) in [7, 11) is 0. The molecular weight excluding hydrogens is 418 g/mol. The largest absolute Gasteiger partial charge is 0.481 e. The molecule has 7 nitrogen and oxygen atoms in total. The molecule has 166 valence electrons. The second-order valence-corrected chi connectivity index (χ2v) is 7.85. The van der Waals surface area contributed by atoms with Crippen LogP contribution in [0.5, 0.6) is 5.75 Å². The SMILES string of the molecule is Cc1ccc(OCC#Cc2ccc(CC[C@@H](C)C(N)O)s2)cc1.O=C(O)C=CC(=O)O. The number of nitrogens with two attached hydrogens (primary N) is 1. The maximum Gasteiger partial charge on any atom is 0.328 e. The molecule has 31 heavy (non-hydrogen) atoms. The van der Waals surface area contributed by atoms with E-state index < -0.39 is 18.2 Å². The van der Waals surface area contributed by atoms with Crippen LogP contribution in [0.2, 0.25) is 0 Å². The normalized spacial score (nSPS) is 12.1. The minimum atomic E-state index is -1.26. The third-order valence-electron chi connectivity index (χ3n) is 4.00. The van der Waals surface area contributed by atoms with Crippen molar-refractivity contribution in [2.75, 3.05) is 6.61 Å². The van der Waals surface area contributed by atoms with E-state index >= 15 is 0 Å². The van der Waals surface area contributed by atoms with Crippen LogP contribution >= 0.6 is 11.3 Å². The monoisotopic (exact) mass is 445 g/mol. The van der Waals surface area contributed by atoms with E-state index in [0.717, 1.165) is 23.5 Å². The van der Waals surface area contributed by atoms with Crippen LogP contribution in [0.25, 0.3) is 0 Å². The molecule has 0 spiro atoms. The highest BCUT2D eigenvalue weighted by Crippen LogP contribution is 2.19. The lowest BCUT2D eigenvalue weighted by Crippen LogP contribution is -2.27. The molecule has 0 aliphatic carbocycles. The van der Waals surface area contributed by atoms with Gasteiger partial charge in [-0.2, -0.15) is 0 Å². The van der Waals surface area contributed by atoms with Crippen molar-refractivity contribution in [1.29, 1.82) is 0 Å². The van der Waals surface area contributed by atoms with Gasteiger partial charge in [0.25, 0.3) is 0 Å². The Bertz CT molecular complexity index is 906. The molecule has 0 fully saturated rings. The smallest absolute Gasteiger partial charge is 0.328 e. The molecule has 5 N–H and O–H groups in total. The first kappa shape index (κ1) is 25.9. The Morgan fingerprint density at radius 3 is 2.29 bits per heavy atom. The number of ether oxygens (including phenoxy) is 1. The van der Waals surface area contributed by atoms with E-state index in [0.29, 0.717) is 18.8 Å². The number of carboxylic acid groups (broad SMARTS) is 2. The quantitative estimate of drug-likeness (QED) is 0.279. The van der Waals surface area contributed by atoms with Crippen LogP contribution in [0.3, 0.4) is 0 Å². The summed E-state index contributed by atoms with van der Waals surface area (Å²) in [4.78, 5) is 21.4. The summed E-state index contributed by atoms with van der Waals surface area (Å²) in [5.41, 5.74) is 6.68. The van der Waals surface area contributed by atoms with Crippen molar-refractivity contribution in [2.24, 2.45) is 11.7 Å². The summed E-state index contributed by atoms with van der Waals surface area (Å²) >= 11 is 1.68. The van der Waals surface area contributed by atoms with Gasteiger partial charge in [0.15, 0.2) is 0 Å². The van der Waals surface area contributed by atoms with Crippen molar-refractivity contribution < 1.29 is 29.6 Å². The Balaban J connectivity index is 0.000000512. The van der Waals surface area contributed by atoms with E-state index in [4.69, 9.17) is 20.7 Å². The fraction of sp³-hybridized carbons (Fsp3) is 0.304. The van der Waals surface area contributed by atoms with Gasteiger partial charge in [0.05, 0.1) is 4.88 Å². The van der Waals surface area contributed by atoms with Crippen molar-refractivity contribution in [3.05, 3.63) is 63.9 Å². The van der Waals surface area contributed by atoms with Gasteiger partial charge in [0.1, 0.15) is 18.6 Å². The molecule has 8 heteroatoms. The number of thiophene rings is 1. The summed E-state index contributed by atoms with van der Waals surface area (Å²) < 4.78 is 5.58. The van der Waals surface area contributed by atoms with Gasteiger partial charge in [-0.1, -0.05) is 36.5 Å². The second kappa shape index (κ2) is 14.0. The van der Waals surface area contributed by atoms with Crippen LogP contribution in [0.4, 0.5) is 0 Å². The molecule has 0 aliphatic rings. The molecule has 0 aliphatic heterocycles. The Labute approximate surface area is 185 Å². The zero-order chi connectivity index (χ0) is 23.2. The molecule has 2 rings (SSSR count). The minimum Gasteiger partial charge on any atom is -0.481 e. The Morgan fingerprint density at radius 1 is 1.13 bits per heavy atom. The highest BCUT2D eigenvalue weighted by molar-refractivity contribution is 7.12. The number of carboxylic acids is 2. The minimum absolute atomic E-state index is 0.106. The third kappa shape index (κ3) is 12.2. The third-order valence-corrected chi connectivity index (χ3v) is 5.06. The molecule has 1 aromatic carbocycles. The van der Waals surface area contributed by atoms with E-state index in [1.165, 1.54) is 10.4 Å². The Morgan fingerprint density at radius 2 is 1.74 bits per heavy atom. The Hall–Kier alpha value is -3.12. The summed E-state index contributed by atoms with van der Waals surface area (Å²) in [6.07, 6.45) is 2.17. The Kier molecular flexibility index (Phi) is 11.7. The maximum atomic E-state index is 9.55. The zero-order valence-corrected chi connectivity index (χ0v) is 18.3. The number of aliphatic hydroxyl groups excluding tert-OH is 1. The van der Waals surface area contributed by atoms with Crippen molar-refractivity contribution in [2.45, 2.75) is 32.9 Å². The molecule has 1 aromatic heterocycles. The van der Waals surface area contributed by atoms with Crippen molar-refractivity contribution >= 4 is 23.3 Å². The summed E-state index contributed by atoms with van der Waals surface area (Å²) in [6, 6.07) is 12.1. The van der Waals surface area contributed by atoms with Gasteiger partial charge < -0.3 is 25.8 Å². The average Bonchev–Trinajstić information content (AvgIpc) is 3.17. The van der Waals surface area contributed by atoms with Gasteiger partial charge in [0, 0.05) is 17.0 Å². The molecule has 1 heterocycles. The molecule has 0 saturated carbocycles. The van der Waals surface area contributed by atoms with Gasteiger partial charge in [-0.25, -0.2) is 9.59 Å². The number of carbonyl (C=O) groups is 2. The van der Waals surface area contributed by atoms with Crippen molar-refractivity contribution in [3.63, 3.8) is 0 Å². The highest BCUT2D eigenvalue weighted by Gasteiger charge is 2.09. The zero-order valence-electron chi connectivity index (χ0n) is 17.4. The predicted molar refractivity (Wildman–Crippen MR) is 120 cm³/mol. The number of benzene rings is 1. The van der Waals surface area contributed by atoms with Crippen LogP contribution in [0.1, 0.15) is 28.7 Å². The summed E-state index contributed by atoms with van der Waals surface area (Å²) in [6.45, 7) is 4.39. The number of hydrogen-bond acceptors (Lipinski definition) is 6. The topological polar surface area (TPSA) is 130 Å². The fourth-order valence-electron chi connectivity index (χ4n) is 2.14. The fourth-order valence-corrected chi connectivity index (χ4v) is 3.04. The van der Waals surface area contributed by atoms with Gasteiger partial charge in [-0.05, 0) is 49.9 Å². The first-order valence-electron chi connectivity index (χ1n) is 9.52. The standard InChI is InChI=1S/C19H23NO2S.C4H4O4/c1-14-5-8-16(9-6-14)22-13-3-4-17-11-12-18(23-17)10-7-15(2)19(20)21;5-3(6)1-2-4(7)8/h5-6,8-9,11-12,15,19,21H,7,10,13,20H2,1-2H3;1-2H,(H,5,6)(H,7,8)/t15-,19?;/m1./s1. The molecule has 2 atom stereocenters. The first-order chi connectivity index (χ1) is 14.7. The molecule has 0 saturated heterocycles.